The lowest BCUT2D eigenvalue weighted by Gasteiger charge is -2.46. The van der Waals surface area contributed by atoms with E-state index in [0.717, 1.165) is 36.3 Å². The molecule has 0 N–H and O–H groups in total. The molecule has 172 valence electrons. The molecule has 3 aliphatic rings. The number of amides is 2. The van der Waals surface area contributed by atoms with E-state index in [2.05, 4.69) is 5.10 Å². The van der Waals surface area contributed by atoms with Crippen molar-refractivity contribution in [2.75, 3.05) is 26.2 Å². The lowest BCUT2D eigenvalue weighted by Crippen LogP contribution is -2.64. The van der Waals surface area contributed by atoms with Crippen molar-refractivity contribution in [1.29, 1.82) is 0 Å². The van der Waals surface area contributed by atoms with Crippen LogP contribution < -0.4 is 0 Å². The first-order chi connectivity index (χ1) is 14.6. The summed E-state index contributed by atoms with van der Waals surface area (Å²) >= 11 is 0. The van der Waals surface area contributed by atoms with Gasteiger partial charge in [0.05, 0.1) is 18.3 Å². The zero-order valence-corrected chi connectivity index (χ0v) is 18.9. The van der Waals surface area contributed by atoms with E-state index in [4.69, 9.17) is 0 Å². The number of halogens is 2. The third-order valence-electron chi connectivity index (χ3n) is 7.03. The molecule has 0 bridgehead atoms. The van der Waals surface area contributed by atoms with E-state index in [-0.39, 0.29) is 23.8 Å². The third-order valence-corrected chi connectivity index (χ3v) is 7.03. The van der Waals surface area contributed by atoms with Crippen molar-refractivity contribution in [2.24, 2.45) is 5.92 Å². The summed E-state index contributed by atoms with van der Waals surface area (Å²) in [5.41, 5.74) is 2.86. The van der Waals surface area contributed by atoms with Crippen LogP contribution in [0.3, 0.4) is 0 Å². The standard InChI is InChI=1S/C22H33F2N5O2/c1-5-26(12-18-14(3)25-29(6-2)15(18)4)21(31)19-9-22(23,24)13-28(19)17-10-27(11-17)20(30)16-7-8-16/h16-17,19H,5-13H2,1-4H3/t19-/m0/s1. The van der Waals surface area contributed by atoms with Crippen molar-refractivity contribution in [3.05, 3.63) is 17.0 Å². The minimum absolute atomic E-state index is 0.129. The van der Waals surface area contributed by atoms with Gasteiger partial charge in [0, 0.05) is 62.4 Å². The van der Waals surface area contributed by atoms with E-state index in [1.807, 2.05) is 32.4 Å². The van der Waals surface area contributed by atoms with Gasteiger partial charge in [0.2, 0.25) is 11.8 Å². The summed E-state index contributed by atoms with van der Waals surface area (Å²) in [6, 6.07) is -1.02. The summed E-state index contributed by atoms with van der Waals surface area (Å²) in [5, 5.41) is 4.52. The maximum Gasteiger partial charge on any atom is 0.262 e. The highest BCUT2D eigenvalue weighted by molar-refractivity contribution is 5.83. The van der Waals surface area contributed by atoms with Crippen LogP contribution >= 0.6 is 0 Å². The Morgan fingerprint density at radius 1 is 1.19 bits per heavy atom. The minimum Gasteiger partial charge on any atom is -0.339 e. The molecule has 7 nitrogen and oxygen atoms in total. The predicted octanol–water partition coefficient (Wildman–Crippen LogP) is 2.20. The molecule has 31 heavy (non-hydrogen) atoms. The zero-order chi connectivity index (χ0) is 22.5. The summed E-state index contributed by atoms with van der Waals surface area (Å²) in [7, 11) is 0. The quantitative estimate of drug-likeness (QED) is 0.656. The van der Waals surface area contributed by atoms with Crippen LogP contribution in [0.25, 0.3) is 0 Å². The smallest absolute Gasteiger partial charge is 0.262 e. The molecule has 3 heterocycles. The van der Waals surface area contributed by atoms with Gasteiger partial charge in [-0.25, -0.2) is 8.78 Å². The van der Waals surface area contributed by atoms with Crippen molar-refractivity contribution in [3.8, 4) is 0 Å². The Kier molecular flexibility index (Phi) is 5.83. The number of likely N-dealkylation sites (tertiary alicyclic amines) is 2. The van der Waals surface area contributed by atoms with Crippen LogP contribution in [0, 0.1) is 19.8 Å². The molecule has 0 radical (unpaired) electrons. The molecule has 9 heteroatoms. The summed E-state index contributed by atoms with van der Waals surface area (Å²) in [5.74, 6) is -2.88. The Morgan fingerprint density at radius 3 is 2.42 bits per heavy atom. The van der Waals surface area contributed by atoms with Gasteiger partial charge >= 0.3 is 0 Å². The summed E-state index contributed by atoms with van der Waals surface area (Å²) in [6.45, 7) is 9.84. The molecule has 1 atom stereocenters. The van der Waals surface area contributed by atoms with Crippen LogP contribution in [-0.4, -0.2) is 80.5 Å². The molecule has 1 aliphatic carbocycles. The van der Waals surface area contributed by atoms with Gasteiger partial charge in [0.15, 0.2) is 0 Å². The highest BCUT2D eigenvalue weighted by Crippen LogP contribution is 2.38. The van der Waals surface area contributed by atoms with Crippen molar-refractivity contribution in [3.63, 3.8) is 0 Å². The molecule has 0 aromatic carbocycles. The molecule has 1 aromatic heterocycles. The number of carbonyl (C=O) groups is 2. The second kappa shape index (κ2) is 8.15. The van der Waals surface area contributed by atoms with Crippen molar-refractivity contribution in [1.82, 2.24) is 24.5 Å². The fourth-order valence-electron chi connectivity index (χ4n) is 4.91. The van der Waals surface area contributed by atoms with Crippen LogP contribution in [0.1, 0.15) is 50.1 Å². The molecule has 2 saturated heterocycles. The normalized spacial score (nSPS) is 23.8. The number of hydrogen-bond donors (Lipinski definition) is 0. The van der Waals surface area contributed by atoms with E-state index in [1.165, 1.54) is 0 Å². The first kappa shape index (κ1) is 22.2. The number of aryl methyl sites for hydroxylation is 2. The van der Waals surface area contributed by atoms with E-state index in [1.54, 1.807) is 14.7 Å². The molecule has 0 spiro atoms. The van der Waals surface area contributed by atoms with Crippen molar-refractivity contribution in [2.45, 2.75) is 78.1 Å². The highest BCUT2D eigenvalue weighted by atomic mass is 19.3. The lowest BCUT2D eigenvalue weighted by molar-refractivity contribution is -0.144. The summed E-state index contributed by atoms with van der Waals surface area (Å²) in [4.78, 5) is 30.7. The number of aromatic nitrogens is 2. The minimum atomic E-state index is -2.89. The third kappa shape index (κ3) is 4.21. The highest BCUT2D eigenvalue weighted by Gasteiger charge is 2.54. The maximum atomic E-state index is 14.4. The Balaban J connectivity index is 1.47. The van der Waals surface area contributed by atoms with Gasteiger partial charge in [-0.05, 0) is 40.5 Å². The van der Waals surface area contributed by atoms with Crippen LogP contribution in [0.5, 0.6) is 0 Å². The van der Waals surface area contributed by atoms with E-state index >= 15 is 0 Å². The van der Waals surface area contributed by atoms with Gasteiger partial charge in [-0.3, -0.25) is 19.2 Å². The van der Waals surface area contributed by atoms with Gasteiger partial charge in [-0.15, -0.1) is 0 Å². The topological polar surface area (TPSA) is 61.7 Å². The first-order valence-electron chi connectivity index (χ1n) is 11.4. The van der Waals surface area contributed by atoms with Crippen LogP contribution in [-0.2, 0) is 22.7 Å². The summed E-state index contributed by atoms with van der Waals surface area (Å²) in [6.07, 6.45) is 1.41. The average Bonchev–Trinajstić information content (AvgIpc) is 3.43. The number of rotatable bonds is 7. The Bertz CT molecular complexity index is 860. The second-order valence-corrected chi connectivity index (χ2v) is 9.24. The van der Waals surface area contributed by atoms with Gasteiger partial charge in [-0.2, -0.15) is 5.10 Å². The lowest BCUT2D eigenvalue weighted by atomic mass is 10.0. The molecule has 1 saturated carbocycles. The van der Waals surface area contributed by atoms with E-state index in [0.29, 0.717) is 26.2 Å². The number of hydrogen-bond acceptors (Lipinski definition) is 4. The molecule has 3 fully saturated rings. The fourth-order valence-corrected chi connectivity index (χ4v) is 4.91. The Hall–Kier alpha value is -2.03. The average molecular weight is 438 g/mol. The number of alkyl halides is 2. The number of likely N-dealkylation sites (N-methyl/N-ethyl adjacent to an activating group) is 1. The van der Waals surface area contributed by atoms with Crippen LogP contribution in [0.2, 0.25) is 0 Å². The molecule has 1 aromatic rings. The molecule has 4 rings (SSSR count). The number of nitrogens with zero attached hydrogens (tertiary/aromatic N) is 5. The molecule has 2 aliphatic heterocycles. The van der Waals surface area contributed by atoms with E-state index in [9.17, 15) is 18.4 Å². The van der Waals surface area contributed by atoms with Crippen LogP contribution in [0.15, 0.2) is 0 Å². The van der Waals surface area contributed by atoms with Gasteiger partial charge in [-0.1, -0.05) is 0 Å². The maximum absolute atomic E-state index is 14.4. The molecular formula is C22H33F2N5O2. The van der Waals surface area contributed by atoms with Crippen molar-refractivity contribution >= 4 is 11.8 Å². The molecule has 2 amide bonds. The first-order valence-corrected chi connectivity index (χ1v) is 11.4. The molecule has 0 unspecified atom stereocenters. The largest absolute Gasteiger partial charge is 0.339 e. The molecular weight excluding hydrogens is 404 g/mol. The SMILES string of the molecule is CCN(Cc1c(C)nn(CC)c1C)C(=O)[C@@H]1CC(F)(F)CN1C1CN(C(=O)C2CC2)C1. The predicted molar refractivity (Wildman–Crippen MR) is 112 cm³/mol. The Labute approximate surface area is 182 Å². The fraction of sp³-hybridized carbons (Fsp3) is 0.773. The van der Waals surface area contributed by atoms with Gasteiger partial charge in [0.1, 0.15) is 0 Å². The monoisotopic (exact) mass is 437 g/mol. The van der Waals surface area contributed by atoms with Gasteiger partial charge in [0.25, 0.3) is 5.92 Å². The zero-order valence-electron chi connectivity index (χ0n) is 18.9. The Morgan fingerprint density at radius 2 is 1.87 bits per heavy atom. The van der Waals surface area contributed by atoms with Crippen molar-refractivity contribution < 1.29 is 18.4 Å². The van der Waals surface area contributed by atoms with E-state index < -0.39 is 24.9 Å². The second-order valence-electron chi connectivity index (χ2n) is 9.24. The van der Waals surface area contributed by atoms with Crippen LogP contribution in [0.4, 0.5) is 8.78 Å². The summed E-state index contributed by atoms with van der Waals surface area (Å²) < 4.78 is 30.7. The van der Waals surface area contributed by atoms with Gasteiger partial charge < -0.3 is 9.80 Å². The number of carbonyl (C=O) groups excluding carboxylic acids is 2.